The first kappa shape index (κ1) is 18.0. The summed E-state index contributed by atoms with van der Waals surface area (Å²) in [5.41, 5.74) is 0.941. The second-order valence-electron chi connectivity index (χ2n) is 6.95. The molecule has 1 amide bonds. The average molecular weight is 388 g/mol. The summed E-state index contributed by atoms with van der Waals surface area (Å²) in [5.74, 6) is 1.91. The van der Waals surface area contributed by atoms with Gasteiger partial charge in [-0.25, -0.2) is 0 Å². The van der Waals surface area contributed by atoms with Crippen LogP contribution in [0.5, 0.6) is 17.2 Å². The Bertz CT molecular complexity index is 861. The van der Waals surface area contributed by atoms with E-state index in [0.29, 0.717) is 35.4 Å². The van der Waals surface area contributed by atoms with E-state index in [2.05, 4.69) is 5.32 Å². The van der Waals surface area contributed by atoms with Crippen LogP contribution in [0.4, 0.5) is 5.69 Å². The Morgan fingerprint density at radius 2 is 1.81 bits per heavy atom. The quantitative estimate of drug-likeness (QED) is 0.834. The monoisotopic (exact) mass is 387 g/mol. The van der Waals surface area contributed by atoms with Gasteiger partial charge in [0, 0.05) is 12.1 Å². The summed E-state index contributed by atoms with van der Waals surface area (Å²) in [4.78, 5) is 13.4. The number of fused-ring (bicyclic) bond motifs is 1. The van der Waals surface area contributed by atoms with Crippen LogP contribution in [-0.2, 0) is 10.2 Å². The number of nitrogens with one attached hydrogen (secondary N) is 1. The molecular weight excluding hydrogens is 366 g/mol. The van der Waals surface area contributed by atoms with Crippen LogP contribution < -0.4 is 19.5 Å². The number of benzene rings is 2. The van der Waals surface area contributed by atoms with Crippen LogP contribution in [0, 0.1) is 0 Å². The van der Waals surface area contributed by atoms with E-state index in [1.54, 1.807) is 19.2 Å². The number of ether oxygens (including phenoxy) is 3. The van der Waals surface area contributed by atoms with Gasteiger partial charge in [-0.3, -0.25) is 4.79 Å². The van der Waals surface area contributed by atoms with E-state index in [4.69, 9.17) is 25.8 Å². The summed E-state index contributed by atoms with van der Waals surface area (Å²) < 4.78 is 16.5. The number of halogens is 1. The first-order valence-electron chi connectivity index (χ1n) is 9.17. The standard InChI is InChI=1S/C21H22ClNO4/c1-25-15-6-4-5-14(11-15)21(7-2-3-8-21)20(24)23-17-13-19-18(12-16(17)22)26-9-10-27-19/h4-6,11-13H,2-3,7-10H2,1H3,(H,23,24). The van der Waals surface area contributed by atoms with Gasteiger partial charge in [0.15, 0.2) is 11.5 Å². The van der Waals surface area contributed by atoms with Gasteiger partial charge in [-0.15, -0.1) is 0 Å². The van der Waals surface area contributed by atoms with E-state index in [1.807, 2.05) is 24.3 Å². The molecule has 1 saturated carbocycles. The first-order chi connectivity index (χ1) is 13.1. The molecular formula is C21H22ClNO4. The number of hydrogen-bond acceptors (Lipinski definition) is 4. The number of carbonyl (C=O) groups is 1. The number of rotatable bonds is 4. The second kappa shape index (κ2) is 7.31. The summed E-state index contributed by atoms with van der Waals surface area (Å²) in [6.07, 6.45) is 3.63. The van der Waals surface area contributed by atoms with Gasteiger partial charge in [-0.05, 0) is 30.5 Å². The van der Waals surface area contributed by atoms with E-state index in [-0.39, 0.29) is 5.91 Å². The number of hydrogen-bond donors (Lipinski definition) is 1. The molecule has 27 heavy (non-hydrogen) atoms. The number of amides is 1. The molecule has 0 radical (unpaired) electrons. The summed E-state index contributed by atoms with van der Waals surface area (Å²) in [6, 6.07) is 11.2. The maximum absolute atomic E-state index is 13.4. The molecule has 2 aliphatic rings. The maximum atomic E-state index is 13.4. The fourth-order valence-corrected chi connectivity index (χ4v) is 4.15. The molecule has 1 N–H and O–H groups in total. The van der Waals surface area contributed by atoms with Crippen molar-refractivity contribution < 1.29 is 19.0 Å². The number of anilines is 1. The highest BCUT2D eigenvalue weighted by molar-refractivity contribution is 6.34. The summed E-state index contributed by atoms with van der Waals surface area (Å²) >= 11 is 6.38. The van der Waals surface area contributed by atoms with Crippen molar-refractivity contribution >= 4 is 23.2 Å². The topological polar surface area (TPSA) is 56.8 Å². The molecule has 5 nitrogen and oxygen atoms in total. The highest BCUT2D eigenvalue weighted by Crippen LogP contribution is 2.44. The minimum absolute atomic E-state index is 0.0492. The zero-order valence-corrected chi connectivity index (χ0v) is 16.0. The Kier molecular flexibility index (Phi) is 4.87. The van der Waals surface area contributed by atoms with Gasteiger partial charge in [0.25, 0.3) is 0 Å². The lowest BCUT2D eigenvalue weighted by Crippen LogP contribution is -2.38. The molecule has 1 fully saturated rings. The molecule has 0 saturated heterocycles. The van der Waals surface area contributed by atoms with Crippen molar-refractivity contribution in [2.45, 2.75) is 31.1 Å². The van der Waals surface area contributed by atoms with Gasteiger partial charge < -0.3 is 19.5 Å². The van der Waals surface area contributed by atoms with Crippen molar-refractivity contribution in [1.82, 2.24) is 0 Å². The normalized spacial score (nSPS) is 17.4. The van der Waals surface area contributed by atoms with E-state index in [0.717, 1.165) is 37.0 Å². The molecule has 2 aromatic carbocycles. The summed E-state index contributed by atoms with van der Waals surface area (Å²) in [5, 5.41) is 3.47. The van der Waals surface area contributed by atoms with Crippen molar-refractivity contribution in [2.75, 3.05) is 25.6 Å². The van der Waals surface area contributed by atoms with E-state index in [1.165, 1.54) is 0 Å². The molecule has 1 aliphatic carbocycles. The smallest absolute Gasteiger partial charge is 0.235 e. The maximum Gasteiger partial charge on any atom is 0.235 e. The van der Waals surface area contributed by atoms with E-state index < -0.39 is 5.41 Å². The molecule has 0 unspecified atom stereocenters. The second-order valence-corrected chi connectivity index (χ2v) is 7.36. The molecule has 0 atom stereocenters. The van der Waals surface area contributed by atoms with E-state index in [9.17, 15) is 4.79 Å². The predicted molar refractivity (Wildman–Crippen MR) is 104 cm³/mol. The lowest BCUT2D eigenvalue weighted by Gasteiger charge is -2.29. The van der Waals surface area contributed by atoms with Crippen LogP contribution in [0.1, 0.15) is 31.2 Å². The first-order valence-corrected chi connectivity index (χ1v) is 9.55. The lowest BCUT2D eigenvalue weighted by molar-refractivity contribution is -0.121. The lowest BCUT2D eigenvalue weighted by atomic mass is 9.78. The number of carbonyl (C=O) groups excluding carboxylic acids is 1. The third-order valence-electron chi connectivity index (χ3n) is 5.39. The summed E-state index contributed by atoms with van der Waals surface area (Å²) in [7, 11) is 1.63. The zero-order chi connectivity index (χ0) is 18.9. The fourth-order valence-electron chi connectivity index (χ4n) is 3.95. The molecule has 1 aliphatic heterocycles. The molecule has 6 heteroatoms. The highest BCUT2D eigenvalue weighted by atomic mass is 35.5. The van der Waals surface area contributed by atoms with Crippen molar-refractivity contribution in [1.29, 1.82) is 0 Å². The average Bonchev–Trinajstić information content (AvgIpc) is 3.20. The van der Waals surface area contributed by atoms with Gasteiger partial charge in [0.1, 0.15) is 19.0 Å². The van der Waals surface area contributed by atoms with Gasteiger partial charge in [0.05, 0.1) is 23.2 Å². The van der Waals surface area contributed by atoms with Crippen molar-refractivity contribution in [3.05, 3.63) is 47.0 Å². The van der Waals surface area contributed by atoms with Gasteiger partial charge >= 0.3 is 0 Å². The Morgan fingerprint density at radius 1 is 1.11 bits per heavy atom. The van der Waals surface area contributed by atoms with Crippen molar-refractivity contribution in [2.24, 2.45) is 0 Å². The van der Waals surface area contributed by atoms with Crippen LogP contribution in [-0.4, -0.2) is 26.2 Å². The Balaban J connectivity index is 1.65. The number of methoxy groups -OCH3 is 1. The van der Waals surface area contributed by atoms with Crippen LogP contribution >= 0.6 is 11.6 Å². The molecule has 0 spiro atoms. The van der Waals surface area contributed by atoms with Crippen LogP contribution in [0.15, 0.2) is 36.4 Å². The fraction of sp³-hybridized carbons (Fsp3) is 0.381. The van der Waals surface area contributed by atoms with Gasteiger partial charge in [-0.2, -0.15) is 0 Å². The van der Waals surface area contributed by atoms with Crippen LogP contribution in [0.2, 0.25) is 5.02 Å². The van der Waals surface area contributed by atoms with Gasteiger partial charge in [-0.1, -0.05) is 36.6 Å². The third kappa shape index (κ3) is 3.32. The molecule has 1 heterocycles. The molecule has 0 aromatic heterocycles. The Hall–Kier alpha value is -2.40. The molecule has 142 valence electrons. The van der Waals surface area contributed by atoms with E-state index >= 15 is 0 Å². The minimum Gasteiger partial charge on any atom is -0.497 e. The predicted octanol–water partition coefficient (Wildman–Crippen LogP) is 4.57. The Morgan fingerprint density at radius 3 is 2.52 bits per heavy atom. The highest BCUT2D eigenvalue weighted by Gasteiger charge is 2.43. The Labute approximate surface area is 163 Å². The van der Waals surface area contributed by atoms with Crippen molar-refractivity contribution in [3.63, 3.8) is 0 Å². The largest absolute Gasteiger partial charge is 0.497 e. The van der Waals surface area contributed by atoms with Crippen LogP contribution in [0.3, 0.4) is 0 Å². The van der Waals surface area contributed by atoms with Gasteiger partial charge in [0.2, 0.25) is 5.91 Å². The van der Waals surface area contributed by atoms with Crippen molar-refractivity contribution in [3.8, 4) is 17.2 Å². The molecule has 2 aromatic rings. The molecule has 0 bridgehead atoms. The third-order valence-corrected chi connectivity index (χ3v) is 5.71. The SMILES string of the molecule is COc1cccc(C2(C(=O)Nc3cc4c(cc3Cl)OCCO4)CCCC2)c1. The minimum atomic E-state index is -0.578. The summed E-state index contributed by atoms with van der Waals surface area (Å²) in [6.45, 7) is 0.976. The zero-order valence-electron chi connectivity index (χ0n) is 15.2. The molecule has 4 rings (SSSR count). The van der Waals surface area contributed by atoms with Crippen LogP contribution in [0.25, 0.3) is 0 Å².